The van der Waals surface area contributed by atoms with E-state index in [1.54, 1.807) is 6.20 Å². The van der Waals surface area contributed by atoms with Crippen molar-refractivity contribution in [3.63, 3.8) is 0 Å². The Balaban J connectivity index is 1.49. The molecule has 2 atom stereocenters. The van der Waals surface area contributed by atoms with Crippen LogP contribution in [0.5, 0.6) is 0 Å². The summed E-state index contributed by atoms with van der Waals surface area (Å²) in [6, 6.07) is 17.4. The third-order valence-electron chi connectivity index (χ3n) is 5.20. The smallest absolute Gasteiger partial charge is 0.252 e. The topological polar surface area (TPSA) is 76.0 Å². The summed E-state index contributed by atoms with van der Waals surface area (Å²) < 4.78 is 1.86. The van der Waals surface area contributed by atoms with Gasteiger partial charge in [-0.3, -0.25) is 9.59 Å². The van der Waals surface area contributed by atoms with E-state index in [4.69, 9.17) is 0 Å². The number of amides is 1. The van der Waals surface area contributed by atoms with E-state index in [-0.39, 0.29) is 11.9 Å². The molecule has 4 aromatic rings. The molecule has 1 amide bonds. The highest BCUT2D eigenvalue weighted by atomic mass is 127. The number of aryl methyl sites for hydroxylation is 1. The van der Waals surface area contributed by atoms with Crippen LogP contribution in [0.4, 0.5) is 11.4 Å². The summed E-state index contributed by atoms with van der Waals surface area (Å²) in [5.41, 5.74) is 5.28. The first kappa shape index (κ1) is 23.6. The van der Waals surface area contributed by atoms with Crippen LogP contribution < -0.4 is 10.6 Å². The molecule has 0 aliphatic heterocycles. The predicted octanol–water partition coefficient (Wildman–Crippen LogP) is 6.76. The van der Waals surface area contributed by atoms with E-state index >= 15 is 0 Å². The van der Waals surface area contributed by atoms with Gasteiger partial charge in [-0.05, 0) is 82.9 Å². The molecule has 4 rings (SSSR count). The fraction of sp³-hybridized carbons (Fsp3) is 0.125. The number of aromatic nitrogens is 2. The van der Waals surface area contributed by atoms with Gasteiger partial charge in [0.25, 0.3) is 5.91 Å². The van der Waals surface area contributed by atoms with Crippen molar-refractivity contribution in [2.24, 2.45) is 0 Å². The lowest BCUT2D eigenvalue weighted by Crippen LogP contribution is -2.27. The Morgan fingerprint density at radius 2 is 2.03 bits per heavy atom. The third kappa shape index (κ3) is 5.69. The maximum Gasteiger partial charge on any atom is 0.252 e. The van der Waals surface area contributed by atoms with Crippen molar-refractivity contribution in [1.82, 2.24) is 14.9 Å². The summed E-state index contributed by atoms with van der Waals surface area (Å²) in [5, 5.41) is 10.7. The van der Waals surface area contributed by atoms with Gasteiger partial charge < -0.3 is 10.6 Å². The largest absolute Gasteiger partial charge is 0.353 e. The summed E-state index contributed by atoms with van der Waals surface area (Å²) in [4.78, 5) is 25.8. The van der Waals surface area contributed by atoms with Crippen LogP contribution >= 0.6 is 39.8 Å². The van der Waals surface area contributed by atoms with Gasteiger partial charge in [0.05, 0.1) is 35.4 Å². The molecule has 0 saturated heterocycles. The summed E-state index contributed by atoms with van der Waals surface area (Å²) in [6.45, 7) is 3.90. The first-order valence-corrected chi connectivity index (χ1v) is 15.1. The second-order valence-corrected chi connectivity index (χ2v) is 10.7. The van der Waals surface area contributed by atoms with Crippen molar-refractivity contribution in [1.29, 1.82) is 0 Å². The molecule has 2 aromatic carbocycles. The molecule has 0 spiro atoms. The minimum absolute atomic E-state index is 0.127. The van der Waals surface area contributed by atoms with Gasteiger partial charge in [0.1, 0.15) is 0 Å². The molecule has 0 aliphatic carbocycles. The van der Waals surface area contributed by atoms with Gasteiger partial charge in [0, 0.05) is 16.1 Å². The van der Waals surface area contributed by atoms with Crippen LogP contribution in [0.2, 0.25) is 0 Å². The molecular weight excluding hydrogens is 566 g/mol. The minimum atomic E-state index is -0.179. The van der Waals surface area contributed by atoms with Crippen LogP contribution in [0.1, 0.15) is 44.1 Å². The van der Waals surface area contributed by atoms with Crippen LogP contribution in [-0.4, -0.2) is 21.7 Å². The lowest BCUT2D eigenvalue weighted by atomic mass is 10.0. The Labute approximate surface area is 211 Å². The van der Waals surface area contributed by atoms with Crippen molar-refractivity contribution in [2.45, 2.75) is 19.9 Å². The summed E-state index contributed by atoms with van der Waals surface area (Å²) in [7, 11) is 0. The number of thiophene rings is 1. The Hall–Kier alpha value is -2.55. The number of carbonyl (C=O) groups excluding carboxylic acids is 2. The SMILES string of the molecule is Cc1ccc(Nc2cnn(PI)c2)cc1C(=O)NC(C)c1cccc(-c2ccc(C=O)s2)c1. The molecule has 168 valence electrons. The highest BCUT2D eigenvalue weighted by Crippen LogP contribution is 2.30. The maximum atomic E-state index is 13.1. The first-order valence-electron chi connectivity index (χ1n) is 10.2. The van der Waals surface area contributed by atoms with Gasteiger partial charge in [-0.15, -0.1) is 11.3 Å². The number of rotatable bonds is 8. The molecule has 0 radical (unpaired) electrons. The zero-order valence-corrected chi connectivity index (χ0v) is 22.0. The number of halogens is 1. The van der Waals surface area contributed by atoms with E-state index in [2.05, 4.69) is 43.8 Å². The molecule has 9 heteroatoms. The predicted molar refractivity (Wildman–Crippen MR) is 145 cm³/mol. The van der Waals surface area contributed by atoms with Gasteiger partial charge in [-0.1, -0.05) is 24.3 Å². The zero-order chi connectivity index (χ0) is 23.4. The van der Waals surface area contributed by atoms with E-state index in [9.17, 15) is 9.59 Å². The highest BCUT2D eigenvalue weighted by molar-refractivity contribution is 14.2. The van der Waals surface area contributed by atoms with E-state index in [0.29, 0.717) is 16.8 Å². The molecule has 2 heterocycles. The number of nitrogens with one attached hydrogen (secondary N) is 2. The molecular formula is C24H22IN4O2PS. The number of hydrogen-bond acceptors (Lipinski definition) is 5. The summed E-state index contributed by atoms with van der Waals surface area (Å²) >= 11 is 3.73. The van der Waals surface area contributed by atoms with Crippen molar-refractivity contribution in [3.05, 3.63) is 88.6 Å². The fourth-order valence-corrected chi connectivity index (χ4v) is 5.33. The molecule has 6 nitrogen and oxygen atoms in total. The number of hydrogen-bond donors (Lipinski definition) is 2. The van der Waals surface area contributed by atoms with E-state index < -0.39 is 0 Å². The normalized spacial score (nSPS) is 12.1. The fourth-order valence-electron chi connectivity index (χ4n) is 3.43. The van der Waals surface area contributed by atoms with Gasteiger partial charge >= 0.3 is 0 Å². The average molecular weight is 588 g/mol. The second-order valence-electron chi connectivity index (χ2n) is 7.55. The van der Waals surface area contributed by atoms with Crippen LogP contribution in [0.15, 0.2) is 67.0 Å². The molecule has 0 fully saturated rings. The Morgan fingerprint density at radius 1 is 1.18 bits per heavy atom. The molecule has 2 N–H and O–H groups in total. The van der Waals surface area contributed by atoms with Crippen LogP contribution in [0.25, 0.3) is 10.4 Å². The average Bonchev–Trinajstić information content (AvgIpc) is 3.50. The number of benzene rings is 2. The summed E-state index contributed by atoms with van der Waals surface area (Å²) in [6.07, 6.45) is 5.10. The quantitative estimate of drug-likeness (QED) is 0.136. The Morgan fingerprint density at radius 3 is 2.76 bits per heavy atom. The lowest BCUT2D eigenvalue weighted by Gasteiger charge is -2.17. The molecule has 0 bridgehead atoms. The van der Waals surface area contributed by atoms with Gasteiger partial charge in [0.15, 0.2) is 6.29 Å². The number of carbonyl (C=O) groups is 2. The van der Waals surface area contributed by atoms with Crippen molar-refractivity contribution >= 4 is 63.3 Å². The molecule has 33 heavy (non-hydrogen) atoms. The van der Waals surface area contributed by atoms with Gasteiger partial charge in [-0.25, -0.2) is 4.45 Å². The van der Waals surface area contributed by atoms with Crippen molar-refractivity contribution < 1.29 is 9.59 Å². The first-order chi connectivity index (χ1) is 16.0. The number of nitrogens with zero attached hydrogens (tertiary/aromatic N) is 2. The van der Waals surface area contributed by atoms with E-state index in [1.165, 1.54) is 11.3 Å². The molecule has 2 aromatic heterocycles. The van der Waals surface area contributed by atoms with Gasteiger partial charge in [0.2, 0.25) is 0 Å². The van der Waals surface area contributed by atoms with E-state index in [1.807, 2.05) is 73.0 Å². The zero-order valence-electron chi connectivity index (χ0n) is 18.0. The van der Waals surface area contributed by atoms with Crippen molar-refractivity contribution in [3.8, 4) is 10.4 Å². The van der Waals surface area contributed by atoms with Crippen molar-refractivity contribution in [2.75, 3.05) is 5.32 Å². The molecule has 0 saturated carbocycles. The van der Waals surface area contributed by atoms with E-state index in [0.717, 1.165) is 39.2 Å². The Bertz CT molecular complexity index is 1300. The number of anilines is 2. The molecule has 2 unspecified atom stereocenters. The standard InChI is InChI=1S/C24H22IN4O2PS/c1-15-6-7-19(28-20-12-26-29(13-20)32-25)11-22(15)24(31)27-16(2)17-4-3-5-18(10-17)23-9-8-21(14-30)33-23/h3-14,16,28,32H,1-2H3,(H,27,31). The minimum Gasteiger partial charge on any atom is -0.353 e. The lowest BCUT2D eigenvalue weighted by molar-refractivity contribution is 0.0939. The third-order valence-corrected chi connectivity index (χ3v) is 8.16. The van der Waals surface area contributed by atoms with Crippen LogP contribution in [0.3, 0.4) is 0 Å². The van der Waals surface area contributed by atoms with Crippen LogP contribution in [0, 0.1) is 6.92 Å². The highest BCUT2D eigenvalue weighted by Gasteiger charge is 2.15. The van der Waals surface area contributed by atoms with Gasteiger partial charge in [-0.2, -0.15) is 5.10 Å². The van der Waals surface area contributed by atoms with Crippen LogP contribution in [-0.2, 0) is 0 Å². The monoisotopic (exact) mass is 588 g/mol. The Kier molecular flexibility index (Phi) is 7.57. The molecule has 0 aliphatic rings. The second kappa shape index (κ2) is 10.6. The number of aldehydes is 1. The maximum absolute atomic E-state index is 13.1. The summed E-state index contributed by atoms with van der Waals surface area (Å²) in [5.74, 6) is -0.127.